The summed E-state index contributed by atoms with van der Waals surface area (Å²) in [4.78, 5) is 23.1. The number of H-pyrrole nitrogens is 1. The van der Waals surface area contributed by atoms with Crippen LogP contribution in [0.1, 0.15) is 41.1 Å². The normalized spacial score (nSPS) is 10.6. The molecule has 1 heterocycles. The molecule has 0 spiro atoms. The zero-order chi connectivity index (χ0) is 23.6. The van der Waals surface area contributed by atoms with Crippen molar-refractivity contribution in [2.75, 3.05) is 26.6 Å². The van der Waals surface area contributed by atoms with Crippen molar-refractivity contribution < 1.29 is 23.5 Å². The van der Waals surface area contributed by atoms with Gasteiger partial charge in [0, 0.05) is 6.04 Å². The maximum absolute atomic E-state index is 12.3. The largest absolute Gasteiger partial charge is 0.496 e. The standard InChI is InChI=1S/C13H13N3O4.C7H12FN.C2H6/c1-19-10-4-3-5-11(20-2)12(10)13(18)15-8-6-14-16-9(8)7-17;1-3-7(9-2)5-4-6-8;1-2/h3-7H,1-2H3,(H,14,16)(H,15,18);3-4,6-7,9H,1,5H2,2H3;1-2H3/b;6-4+;. The number of rotatable bonds is 9. The number of hydrogen-bond acceptors (Lipinski definition) is 6. The second kappa shape index (κ2) is 16.3. The zero-order valence-electron chi connectivity index (χ0n) is 18.6. The summed E-state index contributed by atoms with van der Waals surface area (Å²) in [6.45, 7) is 7.57. The summed E-state index contributed by atoms with van der Waals surface area (Å²) in [5, 5.41) is 11.7. The number of aromatic nitrogens is 2. The Morgan fingerprint density at radius 1 is 1.29 bits per heavy atom. The van der Waals surface area contributed by atoms with E-state index in [0.717, 1.165) is 0 Å². The number of ether oxygens (including phenoxy) is 2. The highest BCUT2D eigenvalue weighted by Gasteiger charge is 2.19. The second-order valence-electron chi connectivity index (χ2n) is 5.54. The van der Waals surface area contributed by atoms with Crippen LogP contribution in [0, 0.1) is 0 Å². The SMILES string of the molecule is C=CC(C/C=C/F)NC.CC.COc1cccc(OC)c1C(=O)Nc1cn[nH]c1C=O. The molecule has 1 amide bonds. The quantitative estimate of drug-likeness (QED) is 0.404. The van der Waals surface area contributed by atoms with Crippen molar-refractivity contribution in [1.82, 2.24) is 15.5 Å². The fraction of sp³-hybridized carbons (Fsp3) is 0.318. The van der Waals surface area contributed by atoms with Gasteiger partial charge >= 0.3 is 0 Å². The third kappa shape index (κ3) is 8.83. The van der Waals surface area contributed by atoms with Gasteiger partial charge in [-0.2, -0.15) is 5.10 Å². The Balaban J connectivity index is 0.000000692. The van der Waals surface area contributed by atoms with Crippen LogP contribution in [0.4, 0.5) is 10.1 Å². The summed E-state index contributed by atoms with van der Waals surface area (Å²) in [6, 6.07) is 5.20. The highest BCUT2D eigenvalue weighted by Crippen LogP contribution is 2.29. The topological polar surface area (TPSA) is 105 Å². The van der Waals surface area contributed by atoms with Gasteiger partial charge in [-0.15, -0.1) is 6.58 Å². The average Bonchev–Trinajstić information content (AvgIpc) is 3.27. The fourth-order valence-corrected chi connectivity index (χ4v) is 2.28. The molecule has 0 fully saturated rings. The van der Waals surface area contributed by atoms with Crippen molar-refractivity contribution in [2.24, 2.45) is 0 Å². The first-order chi connectivity index (χ1) is 15.1. The van der Waals surface area contributed by atoms with E-state index in [1.165, 1.54) is 26.5 Å². The van der Waals surface area contributed by atoms with Crippen molar-refractivity contribution in [2.45, 2.75) is 26.3 Å². The van der Waals surface area contributed by atoms with Crippen LogP contribution in [0.3, 0.4) is 0 Å². The number of carbonyl (C=O) groups excluding carboxylic acids is 2. The number of anilines is 1. The van der Waals surface area contributed by atoms with Gasteiger partial charge in [-0.3, -0.25) is 14.7 Å². The Morgan fingerprint density at radius 3 is 2.35 bits per heavy atom. The van der Waals surface area contributed by atoms with E-state index < -0.39 is 5.91 Å². The molecule has 1 unspecified atom stereocenters. The molecule has 0 radical (unpaired) electrons. The fourth-order valence-electron chi connectivity index (χ4n) is 2.28. The molecule has 2 rings (SSSR count). The molecule has 0 bridgehead atoms. The van der Waals surface area contributed by atoms with Crippen molar-refractivity contribution in [3.8, 4) is 11.5 Å². The Hall–Kier alpha value is -3.46. The molecule has 2 aromatic rings. The number of aromatic amines is 1. The summed E-state index contributed by atoms with van der Waals surface area (Å²) in [7, 11) is 4.74. The monoisotopic (exact) mass is 434 g/mol. The molecule has 0 aliphatic heterocycles. The van der Waals surface area contributed by atoms with Gasteiger partial charge in [-0.1, -0.05) is 32.1 Å². The first-order valence-electron chi connectivity index (χ1n) is 9.62. The molecule has 1 aromatic heterocycles. The Bertz CT molecular complexity index is 814. The Labute approximate surface area is 182 Å². The number of likely N-dealkylation sites (N-methyl/N-ethyl adjacent to an activating group) is 1. The lowest BCUT2D eigenvalue weighted by molar-refractivity contribution is 0.102. The summed E-state index contributed by atoms with van der Waals surface area (Å²) >= 11 is 0. The molecule has 1 atom stereocenters. The summed E-state index contributed by atoms with van der Waals surface area (Å²) in [6.07, 6.45) is 6.35. The lowest BCUT2D eigenvalue weighted by Crippen LogP contribution is -2.21. The maximum Gasteiger partial charge on any atom is 0.263 e. The van der Waals surface area contributed by atoms with E-state index in [1.54, 1.807) is 24.3 Å². The van der Waals surface area contributed by atoms with Crippen LogP contribution in [0.2, 0.25) is 0 Å². The highest BCUT2D eigenvalue weighted by atomic mass is 19.1. The number of nitrogens with zero attached hydrogens (tertiary/aromatic N) is 1. The van der Waals surface area contributed by atoms with Gasteiger partial charge in [0.2, 0.25) is 0 Å². The van der Waals surface area contributed by atoms with E-state index in [1.807, 2.05) is 20.9 Å². The van der Waals surface area contributed by atoms with E-state index in [4.69, 9.17) is 9.47 Å². The van der Waals surface area contributed by atoms with Crippen LogP contribution < -0.4 is 20.1 Å². The highest BCUT2D eigenvalue weighted by molar-refractivity contribution is 6.09. The summed E-state index contributed by atoms with van der Waals surface area (Å²) in [5.74, 6) is 0.291. The lowest BCUT2D eigenvalue weighted by atomic mass is 10.1. The van der Waals surface area contributed by atoms with E-state index in [2.05, 4.69) is 27.4 Å². The van der Waals surface area contributed by atoms with Gasteiger partial charge < -0.3 is 20.1 Å². The van der Waals surface area contributed by atoms with Gasteiger partial charge in [-0.05, 0) is 25.6 Å². The number of aldehydes is 1. The van der Waals surface area contributed by atoms with Crippen LogP contribution in [0.15, 0.2) is 49.5 Å². The molecule has 8 nitrogen and oxygen atoms in total. The maximum atomic E-state index is 12.3. The van der Waals surface area contributed by atoms with Gasteiger partial charge in [0.1, 0.15) is 22.8 Å². The molecule has 1 aromatic carbocycles. The van der Waals surface area contributed by atoms with E-state index >= 15 is 0 Å². The number of methoxy groups -OCH3 is 2. The van der Waals surface area contributed by atoms with Crippen molar-refractivity contribution in [1.29, 1.82) is 0 Å². The predicted octanol–water partition coefficient (Wildman–Crippen LogP) is 4.15. The Kier molecular flexibility index (Phi) is 14.5. The minimum Gasteiger partial charge on any atom is -0.496 e. The van der Waals surface area contributed by atoms with Gasteiger partial charge in [0.05, 0.1) is 32.4 Å². The predicted molar refractivity (Wildman–Crippen MR) is 121 cm³/mol. The van der Waals surface area contributed by atoms with Crippen molar-refractivity contribution >= 4 is 17.9 Å². The zero-order valence-corrected chi connectivity index (χ0v) is 18.6. The molecule has 0 saturated carbocycles. The van der Waals surface area contributed by atoms with Gasteiger partial charge in [0.25, 0.3) is 5.91 Å². The summed E-state index contributed by atoms with van der Waals surface area (Å²) < 4.78 is 21.7. The second-order valence-corrected chi connectivity index (χ2v) is 5.54. The number of hydrogen-bond donors (Lipinski definition) is 3. The molecular formula is C22H31FN4O4. The molecule has 0 aliphatic rings. The van der Waals surface area contributed by atoms with Crippen molar-refractivity contribution in [3.05, 3.63) is 60.7 Å². The van der Waals surface area contributed by atoms with Gasteiger partial charge in [0.15, 0.2) is 6.29 Å². The molecular weight excluding hydrogens is 403 g/mol. The Morgan fingerprint density at radius 2 is 1.90 bits per heavy atom. The van der Waals surface area contributed by atoms with Crippen molar-refractivity contribution in [3.63, 3.8) is 0 Å². The van der Waals surface area contributed by atoms with Gasteiger partial charge in [-0.25, -0.2) is 4.39 Å². The van der Waals surface area contributed by atoms with E-state index in [-0.39, 0.29) is 23.0 Å². The average molecular weight is 435 g/mol. The van der Waals surface area contributed by atoms with Crippen LogP contribution >= 0.6 is 0 Å². The number of carbonyl (C=O) groups is 2. The van der Waals surface area contributed by atoms with Crippen LogP contribution in [-0.2, 0) is 0 Å². The summed E-state index contributed by atoms with van der Waals surface area (Å²) in [5.41, 5.74) is 0.723. The molecule has 170 valence electrons. The molecule has 9 heteroatoms. The number of benzene rings is 1. The van der Waals surface area contributed by atoms with E-state index in [0.29, 0.717) is 30.5 Å². The molecule has 31 heavy (non-hydrogen) atoms. The molecule has 0 saturated heterocycles. The third-order valence-electron chi connectivity index (χ3n) is 3.82. The number of halogens is 1. The molecule has 3 N–H and O–H groups in total. The van der Waals surface area contributed by atoms with Crippen LogP contribution in [0.5, 0.6) is 11.5 Å². The van der Waals surface area contributed by atoms with E-state index in [9.17, 15) is 14.0 Å². The first kappa shape index (κ1) is 27.5. The third-order valence-corrected chi connectivity index (χ3v) is 3.82. The minimum absolute atomic E-state index is 0.187. The number of nitrogens with one attached hydrogen (secondary N) is 3. The number of amides is 1. The minimum atomic E-state index is -0.455. The first-order valence-corrected chi connectivity index (χ1v) is 9.62. The van der Waals surface area contributed by atoms with Crippen LogP contribution in [0.25, 0.3) is 0 Å². The smallest absolute Gasteiger partial charge is 0.263 e. The van der Waals surface area contributed by atoms with Crippen LogP contribution in [-0.4, -0.2) is 49.7 Å². The molecule has 0 aliphatic carbocycles. The lowest BCUT2D eigenvalue weighted by Gasteiger charge is -2.12.